The zero-order valence-electron chi connectivity index (χ0n) is 18.0. The van der Waals surface area contributed by atoms with Gasteiger partial charge in [-0.25, -0.2) is 0 Å². The molecule has 4 rings (SSSR count). The molecule has 7 heteroatoms. The number of hydrogen-bond acceptors (Lipinski definition) is 5. The predicted molar refractivity (Wildman–Crippen MR) is 134 cm³/mol. The summed E-state index contributed by atoms with van der Waals surface area (Å²) in [4.78, 5) is 13.7. The Morgan fingerprint density at radius 1 is 1.12 bits per heavy atom. The van der Waals surface area contributed by atoms with Gasteiger partial charge >= 0.3 is 0 Å². The van der Waals surface area contributed by atoms with Crippen molar-refractivity contribution in [3.05, 3.63) is 83.1 Å². The van der Waals surface area contributed by atoms with Crippen LogP contribution in [0.25, 0.3) is 22.5 Å². The van der Waals surface area contributed by atoms with E-state index in [0.717, 1.165) is 28.2 Å². The zero-order valence-corrected chi connectivity index (χ0v) is 19.7. The quantitative estimate of drug-likeness (QED) is 0.251. The van der Waals surface area contributed by atoms with Crippen molar-refractivity contribution in [2.24, 2.45) is 0 Å². The Labute approximate surface area is 196 Å². The number of carbonyl (C=O) groups excluding carboxylic acids is 1. The Bertz CT molecular complexity index is 1240. The van der Waals surface area contributed by atoms with E-state index in [4.69, 9.17) is 0 Å². The van der Waals surface area contributed by atoms with Crippen LogP contribution in [0.2, 0.25) is 0 Å². The van der Waals surface area contributed by atoms with Gasteiger partial charge in [0.15, 0.2) is 11.0 Å². The van der Waals surface area contributed by atoms with Crippen molar-refractivity contribution < 1.29 is 4.79 Å². The molecule has 5 nitrogen and oxygen atoms in total. The minimum atomic E-state index is -0.0737. The summed E-state index contributed by atoms with van der Waals surface area (Å²) in [6.45, 7) is 8.55. The number of hydrogen-bond donors (Lipinski definition) is 1. The number of thiophene rings is 1. The van der Waals surface area contributed by atoms with E-state index in [0.29, 0.717) is 11.7 Å². The fourth-order valence-electron chi connectivity index (χ4n) is 3.50. The second-order valence-corrected chi connectivity index (χ2v) is 9.33. The first kappa shape index (κ1) is 22.0. The predicted octanol–water partition coefficient (Wildman–Crippen LogP) is 6.21. The Balaban J connectivity index is 1.58. The van der Waals surface area contributed by atoms with Crippen molar-refractivity contribution in [2.75, 3.05) is 11.1 Å². The van der Waals surface area contributed by atoms with Crippen LogP contribution in [0.3, 0.4) is 0 Å². The molecule has 32 heavy (non-hydrogen) atoms. The maximum absolute atomic E-state index is 12.5. The number of anilines is 1. The lowest BCUT2D eigenvalue weighted by atomic mass is 10.0. The molecule has 2 heterocycles. The van der Waals surface area contributed by atoms with Gasteiger partial charge < -0.3 is 5.32 Å². The highest BCUT2D eigenvalue weighted by molar-refractivity contribution is 7.99. The molecule has 0 fully saturated rings. The van der Waals surface area contributed by atoms with Gasteiger partial charge in [-0.15, -0.1) is 28.1 Å². The highest BCUT2D eigenvalue weighted by Crippen LogP contribution is 2.39. The SMILES string of the molecule is C=CCn1c(SCC(=O)Nc2ccccc2C)nnc1-c1csc(C)c1-c1ccccc1. The third kappa shape index (κ3) is 4.69. The van der Waals surface area contributed by atoms with Gasteiger partial charge in [0.1, 0.15) is 0 Å². The topological polar surface area (TPSA) is 59.8 Å². The van der Waals surface area contributed by atoms with Crippen LogP contribution in [0, 0.1) is 13.8 Å². The van der Waals surface area contributed by atoms with Crippen LogP contribution in [0.4, 0.5) is 5.69 Å². The van der Waals surface area contributed by atoms with Crippen molar-refractivity contribution >= 4 is 34.7 Å². The van der Waals surface area contributed by atoms with Crippen molar-refractivity contribution in [1.29, 1.82) is 0 Å². The number of nitrogens with zero attached hydrogens (tertiary/aromatic N) is 3. The summed E-state index contributed by atoms with van der Waals surface area (Å²) >= 11 is 3.08. The molecule has 2 aromatic carbocycles. The van der Waals surface area contributed by atoms with Gasteiger partial charge in [0.2, 0.25) is 5.91 Å². The Morgan fingerprint density at radius 3 is 2.62 bits per heavy atom. The van der Waals surface area contributed by atoms with Crippen LogP contribution in [0.1, 0.15) is 10.4 Å². The molecule has 1 amide bonds. The molecule has 0 radical (unpaired) electrons. The van der Waals surface area contributed by atoms with Gasteiger partial charge in [-0.1, -0.05) is 66.4 Å². The molecule has 0 saturated heterocycles. The Kier molecular flexibility index (Phi) is 6.87. The third-order valence-corrected chi connectivity index (χ3v) is 6.94. The minimum Gasteiger partial charge on any atom is -0.325 e. The summed E-state index contributed by atoms with van der Waals surface area (Å²) in [5.74, 6) is 0.961. The lowest BCUT2D eigenvalue weighted by Crippen LogP contribution is -2.15. The average molecular weight is 461 g/mol. The van der Waals surface area contributed by atoms with Gasteiger partial charge in [0.05, 0.1) is 5.75 Å². The molecule has 162 valence electrons. The van der Waals surface area contributed by atoms with Crippen molar-refractivity contribution in [3.63, 3.8) is 0 Å². The molecule has 0 aliphatic heterocycles. The summed E-state index contributed by atoms with van der Waals surface area (Å²) in [5.41, 5.74) is 5.23. The van der Waals surface area contributed by atoms with Crippen LogP contribution < -0.4 is 5.32 Å². The fraction of sp³-hybridized carbons (Fsp3) is 0.160. The van der Waals surface area contributed by atoms with E-state index in [1.807, 2.05) is 60.0 Å². The molecule has 1 N–H and O–H groups in total. The third-order valence-electron chi connectivity index (χ3n) is 5.06. The largest absolute Gasteiger partial charge is 0.325 e. The van der Waals surface area contributed by atoms with Crippen LogP contribution >= 0.6 is 23.1 Å². The summed E-state index contributed by atoms with van der Waals surface area (Å²) in [5, 5.41) is 14.7. The van der Waals surface area contributed by atoms with E-state index in [9.17, 15) is 4.79 Å². The monoisotopic (exact) mass is 460 g/mol. The zero-order chi connectivity index (χ0) is 22.5. The molecule has 0 aliphatic rings. The van der Waals surface area contributed by atoms with E-state index in [-0.39, 0.29) is 11.7 Å². The fourth-order valence-corrected chi connectivity index (χ4v) is 5.11. The average Bonchev–Trinajstić information content (AvgIpc) is 3.37. The lowest BCUT2D eigenvalue weighted by molar-refractivity contribution is -0.113. The first-order chi connectivity index (χ1) is 15.6. The first-order valence-electron chi connectivity index (χ1n) is 10.2. The van der Waals surface area contributed by atoms with Crippen molar-refractivity contribution in [3.8, 4) is 22.5 Å². The van der Waals surface area contributed by atoms with Crippen molar-refractivity contribution in [1.82, 2.24) is 14.8 Å². The number of benzene rings is 2. The maximum Gasteiger partial charge on any atom is 0.234 e. The molecular weight excluding hydrogens is 436 g/mol. The summed E-state index contributed by atoms with van der Waals surface area (Å²) in [6.07, 6.45) is 1.83. The molecule has 4 aromatic rings. The number of aromatic nitrogens is 3. The normalized spacial score (nSPS) is 10.8. The number of amides is 1. The van der Waals surface area contributed by atoms with Crippen LogP contribution in [-0.4, -0.2) is 26.4 Å². The molecule has 0 unspecified atom stereocenters. The number of rotatable bonds is 8. The highest BCUT2D eigenvalue weighted by Gasteiger charge is 2.20. The van der Waals surface area contributed by atoms with Crippen LogP contribution in [0.5, 0.6) is 0 Å². The molecule has 0 bridgehead atoms. The van der Waals surface area contributed by atoms with Gasteiger partial charge in [-0.3, -0.25) is 9.36 Å². The second-order valence-electron chi connectivity index (χ2n) is 7.30. The van der Waals surface area contributed by atoms with E-state index in [2.05, 4.69) is 46.5 Å². The smallest absolute Gasteiger partial charge is 0.234 e. The standard InChI is InChI=1S/C25H24N4OS2/c1-4-14-29-24(20-15-31-18(3)23(20)19-11-6-5-7-12-19)27-28-25(29)32-16-22(30)26-21-13-9-8-10-17(21)2/h4-13,15H,1,14,16H2,2-3H3,(H,26,30). The first-order valence-corrected chi connectivity index (χ1v) is 12.1. The van der Waals surface area contributed by atoms with Gasteiger partial charge in [0.25, 0.3) is 0 Å². The molecule has 0 saturated carbocycles. The second kappa shape index (κ2) is 9.97. The molecular formula is C25H24N4OS2. The number of nitrogens with one attached hydrogen (secondary N) is 1. The number of carbonyl (C=O) groups is 1. The lowest BCUT2D eigenvalue weighted by Gasteiger charge is -2.10. The summed E-state index contributed by atoms with van der Waals surface area (Å²) in [7, 11) is 0. The molecule has 2 aromatic heterocycles. The van der Waals surface area contributed by atoms with Crippen LogP contribution in [0.15, 0.2) is 77.8 Å². The molecule has 0 atom stereocenters. The van der Waals surface area contributed by atoms with Crippen molar-refractivity contribution in [2.45, 2.75) is 25.5 Å². The number of thioether (sulfide) groups is 1. The highest BCUT2D eigenvalue weighted by atomic mass is 32.2. The van der Waals surface area contributed by atoms with E-state index in [1.165, 1.54) is 22.2 Å². The Morgan fingerprint density at radius 2 is 1.88 bits per heavy atom. The van der Waals surface area contributed by atoms with Gasteiger partial charge in [-0.05, 0) is 31.0 Å². The summed E-state index contributed by atoms with van der Waals surface area (Å²) in [6, 6.07) is 18.1. The van der Waals surface area contributed by atoms with Gasteiger partial charge in [-0.2, -0.15) is 0 Å². The van der Waals surface area contributed by atoms with E-state index in [1.54, 1.807) is 11.3 Å². The summed E-state index contributed by atoms with van der Waals surface area (Å²) < 4.78 is 2.02. The Hall–Kier alpha value is -3.16. The minimum absolute atomic E-state index is 0.0737. The maximum atomic E-state index is 12.5. The van der Waals surface area contributed by atoms with E-state index < -0.39 is 0 Å². The van der Waals surface area contributed by atoms with E-state index >= 15 is 0 Å². The molecule has 0 aliphatic carbocycles. The van der Waals surface area contributed by atoms with Crippen LogP contribution in [-0.2, 0) is 11.3 Å². The van der Waals surface area contributed by atoms with Gasteiger partial charge in [0, 0.05) is 33.6 Å². The number of aryl methyl sites for hydroxylation is 2. The number of para-hydroxylation sites is 1. The number of allylic oxidation sites excluding steroid dienone is 1. The molecule has 0 spiro atoms.